The lowest BCUT2D eigenvalue weighted by atomic mass is 9.47. The maximum absolute atomic E-state index is 12.9. The highest BCUT2D eigenvalue weighted by atomic mass is 28.4. The first-order chi connectivity index (χ1) is 18.7. The summed E-state index contributed by atoms with van der Waals surface area (Å²) in [5, 5.41) is 0.0695. The first-order valence-corrected chi connectivity index (χ1v) is 19.8. The molecule has 1 heterocycles. The highest BCUT2D eigenvalue weighted by molar-refractivity contribution is 6.75. The van der Waals surface area contributed by atoms with Crippen LogP contribution in [-0.2, 0) is 18.7 Å². The third-order valence-electron chi connectivity index (χ3n) is 13.3. The van der Waals surface area contributed by atoms with Crippen LogP contribution in [0.15, 0.2) is 11.6 Å². The summed E-state index contributed by atoms with van der Waals surface area (Å²) in [6, 6.07) is 0. The van der Waals surface area contributed by atoms with Crippen molar-refractivity contribution in [2.45, 2.75) is 156 Å². The Labute approximate surface area is 246 Å². The van der Waals surface area contributed by atoms with E-state index in [1.54, 1.807) is 5.57 Å². The largest absolute Gasteiger partial charge is 0.519 e. The molecule has 0 N–H and O–H groups in total. The molecule has 5 aliphatic rings. The second-order valence-electron chi connectivity index (χ2n) is 16.5. The fraction of sp³-hybridized carbons (Fsp3) is 0.914. The average Bonchev–Trinajstić information content (AvgIpc) is 3.24. The van der Waals surface area contributed by atoms with E-state index in [1.807, 2.05) is 0 Å². The maximum Gasteiger partial charge on any atom is 0.292 e. The van der Waals surface area contributed by atoms with Gasteiger partial charge in [-0.3, -0.25) is 4.79 Å². The number of allylic oxidation sites excluding steroid dienone is 1. The van der Waals surface area contributed by atoms with E-state index < -0.39 is 8.32 Å². The number of carbonyl (C=O) groups is 1. The van der Waals surface area contributed by atoms with Gasteiger partial charge in [0.15, 0.2) is 6.29 Å². The Hall–Kier alpha value is -0.653. The Bertz CT molecular complexity index is 946. The summed E-state index contributed by atoms with van der Waals surface area (Å²) in [6.45, 7) is 19.5. The van der Waals surface area contributed by atoms with Gasteiger partial charge >= 0.3 is 0 Å². The number of rotatable bonds is 7. The average molecular weight is 573 g/mol. The van der Waals surface area contributed by atoms with Crippen molar-refractivity contribution in [3.05, 3.63) is 11.6 Å². The first kappa shape index (κ1) is 30.8. The molecule has 228 valence electrons. The number of fused-ring (bicyclic) bond motifs is 5. The van der Waals surface area contributed by atoms with Gasteiger partial charge in [0.05, 0.1) is 6.10 Å². The Kier molecular flexibility index (Phi) is 8.81. The lowest BCUT2D eigenvalue weighted by Gasteiger charge is -2.58. The van der Waals surface area contributed by atoms with Crippen LogP contribution in [0.3, 0.4) is 0 Å². The molecule has 4 aliphatic carbocycles. The first-order valence-electron chi connectivity index (χ1n) is 16.9. The van der Waals surface area contributed by atoms with Gasteiger partial charge in [-0.1, -0.05) is 53.2 Å². The second kappa shape index (κ2) is 11.4. The summed E-state index contributed by atoms with van der Waals surface area (Å²) in [5.41, 5.74) is 2.48. The SMILES string of the molecule is C[C@@H](CCC(=O)O[Si](C)(C)C(C)(C)C)[C@H]1CCC2C3CC=C4C[C@@H](OC5CCCCO5)CC[C@]4(C)C3CC[C@@]21C. The predicted octanol–water partition coefficient (Wildman–Crippen LogP) is 9.44. The highest BCUT2D eigenvalue weighted by Gasteiger charge is 2.59. The molecule has 40 heavy (non-hydrogen) atoms. The lowest BCUT2D eigenvalue weighted by Crippen LogP contribution is -2.51. The predicted molar refractivity (Wildman–Crippen MR) is 165 cm³/mol. The molecule has 1 aliphatic heterocycles. The molecular weight excluding hydrogens is 512 g/mol. The zero-order chi connectivity index (χ0) is 28.9. The van der Waals surface area contributed by atoms with Gasteiger partial charge in [-0.25, -0.2) is 0 Å². The molecule has 4 fully saturated rings. The van der Waals surface area contributed by atoms with Crippen molar-refractivity contribution in [3.8, 4) is 0 Å². The van der Waals surface area contributed by atoms with Crippen LogP contribution in [0, 0.1) is 40.4 Å². The van der Waals surface area contributed by atoms with E-state index >= 15 is 0 Å². The smallest absolute Gasteiger partial charge is 0.292 e. The number of ether oxygens (including phenoxy) is 2. The number of hydrogen-bond acceptors (Lipinski definition) is 4. The van der Waals surface area contributed by atoms with Crippen molar-refractivity contribution < 1.29 is 18.7 Å². The molecule has 0 amide bonds. The zero-order valence-corrected chi connectivity index (χ0v) is 28.2. The minimum atomic E-state index is -2.04. The van der Waals surface area contributed by atoms with Gasteiger partial charge in [0.25, 0.3) is 14.3 Å². The summed E-state index contributed by atoms with van der Waals surface area (Å²) in [6.07, 6.45) is 18.4. The van der Waals surface area contributed by atoms with Crippen molar-refractivity contribution in [3.63, 3.8) is 0 Å². The van der Waals surface area contributed by atoms with Crippen molar-refractivity contribution in [1.82, 2.24) is 0 Å². The van der Waals surface area contributed by atoms with Gasteiger partial charge in [0.1, 0.15) is 0 Å². The summed E-state index contributed by atoms with van der Waals surface area (Å²) >= 11 is 0. The summed E-state index contributed by atoms with van der Waals surface area (Å²) < 4.78 is 18.5. The van der Waals surface area contributed by atoms with Crippen LogP contribution in [0.1, 0.15) is 125 Å². The van der Waals surface area contributed by atoms with E-state index in [0.29, 0.717) is 29.3 Å². The Morgan fingerprint density at radius 2 is 1.85 bits per heavy atom. The van der Waals surface area contributed by atoms with Gasteiger partial charge in [-0.05, 0) is 136 Å². The van der Waals surface area contributed by atoms with Crippen LogP contribution in [0.4, 0.5) is 0 Å². The summed E-state index contributed by atoms with van der Waals surface area (Å²) in [4.78, 5) is 12.9. The standard InChI is InChI=1S/C35H60O4Si/c1-24(12-17-31(36)39-40(7,8)33(2,3)4)28-15-16-29-27-14-13-25-23-26(38-32-11-9-10-22-37-32)18-20-34(25,5)30(27)19-21-35(28,29)6/h13,24,26-30,32H,9-12,14-23H2,1-8H3/t24-,26-,27?,28+,29?,30?,32?,34-,35+/m0/s1. The zero-order valence-electron chi connectivity index (χ0n) is 27.2. The third kappa shape index (κ3) is 5.79. The molecule has 5 rings (SSSR count). The van der Waals surface area contributed by atoms with E-state index in [9.17, 15) is 4.79 Å². The van der Waals surface area contributed by atoms with Crippen LogP contribution in [-0.4, -0.2) is 33.3 Å². The van der Waals surface area contributed by atoms with Crippen LogP contribution in [0.5, 0.6) is 0 Å². The highest BCUT2D eigenvalue weighted by Crippen LogP contribution is 2.67. The Morgan fingerprint density at radius 1 is 1.07 bits per heavy atom. The molecule has 0 bridgehead atoms. The quantitative estimate of drug-likeness (QED) is 0.225. The van der Waals surface area contributed by atoms with Crippen LogP contribution >= 0.6 is 0 Å². The maximum atomic E-state index is 12.9. The monoisotopic (exact) mass is 572 g/mol. The Balaban J connectivity index is 1.20. The van der Waals surface area contributed by atoms with E-state index in [-0.39, 0.29) is 17.3 Å². The summed E-state index contributed by atoms with van der Waals surface area (Å²) in [7, 11) is -2.04. The van der Waals surface area contributed by atoms with E-state index in [2.05, 4.69) is 60.7 Å². The molecule has 1 saturated heterocycles. The van der Waals surface area contributed by atoms with E-state index in [4.69, 9.17) is 13.9 Å². The van der Waals surface area contributed by atoms with Gasteiger partial charge < -0.3 is 13.9 Å². The topological polar surface area (TPSA) is 44.8 Å². The fourth-order valence-electron chi connectivity index (χ4n) is 9.79. The lowest BCUT2D eigenvalue weighted by molar-refractivity contribution is -0.195. The second-order valence-corrected chi connectivity index (χ2v) is 21.3. The van der Waals surface area contributed by atoms with Gasteiger partial charge in [-0.2, -0.15) is 0 Å². The number of hydrogen-bond donors (Lipinski definition) is 0. The van der Waals surface area contributed by atoms with Crippen molar-refractivity contribution >= 4 is 14.3 Å². The molecular formula is C35H60O4Si. The molecule has 4 nitrogen and oxygen atoms in total. The van der Waals surface area contributed by atoms with E-state index in [1.165, 1.54) is 57.8 Å². The molecule has 0 aromatic heterocycles. The van der Waals surface area contributed by atoms with Crippen LogP contribution < -0.4 is 0 Å². The normalized spacial score (nSPS) is 40.9. The van der Waals surface area contributed by atoms with Crippen molar-refractivity contribution in [2.75, 3.05) is 6.61 Å². The van der Waals surface area contributed by atoms with Crippen molar-refractivity contribution in [2.24, 2.45) is 40.4 Å². The van der Waals surface area contributed by atoms with Crippen LogP contribution in [0.25, 0.3) is 0 Å². The molecule has 4 unspecified atom stereocenters. The minimum Gasteiger partial charge on any atom is -0.519 e. The molecule has 5 heteroatoms. The molecule has 0 radical (unpaired) electrons. The summed E-state index contributed by atoms with van der Waals surface area (Å²) in [5.74, 6) is 3.83. The molecule has 3 saturated carbocycles. The number of carbonyl (C=O) groups excluding carboxylic acids is 1. The minimum absolute atomic E-state index is 0.0294. The van der Waals surface area contributed by atoms with Crippen molar-refractivity contribution in [1.29, 1.82) is 0 Å². The van der Waals surface area contributed by atoms with Gasteiger partial charge in [0.2, 0.25) is 0 Å². The Morgan fingerprint density at radius 3 is 2.55 bits per heavy atom. The van der Waals surface area contributed by atoms with Gasteiger partial charge in [0, 0.05) is 13.0 Å². The molecule has 0 spiro atoms. The van der Waals surface area contributed by atoms with Crippen LogP contribution in [0.2, 0.25) is 18.1 Å². The molecule has 9 atom stereocenters. The molecule has 0 aromatic rings. The van der Waals surface area contributed by atoms with E-state index in [0.717, 1.165) is 49.5 Å². The fourth-order valence-corrected chi connectivity index (χ4v) is 10.8. The molecule has 0 aromatic carbocycles. The third-order valence-corrected chi connectivity index (χ3v) is 17.6. The van der Waals surface area contributed by atoms with Gasteiger partial charge in [-0.15, -0.1) is 0 Å².